The summed E-state index contributed by atoms with van der Waals surface area (Å²) in [4.78, 5) is 18.2. The highest BCUT2D eigenvalue weighted by Crippen LogP contribution is 2.21. The molecule has 2 rings (SSSR count). The predicted octanol–water partition coefficient (Wildman–Crippen LogP) is 1.64. The molecular weight excluding hydrogens is 234 g/mol. The van der Waals surface area contributed by atoms with Crippen molar-refractivity contribution >= 4 is 11.6 Å². The van der Waals surface area contributed by atoms with Gasteiger partial charge in [-0.15, -0.1) is 0 Å². The van der Waals surface area contributed by atoms with Gasteiger partial charge in [-0.2, -0.15) is 0 Å². The first kappa shape index (κ1) is 12.0. The molecule has 2 aromatic rings. The summed E-state index contributed by atoms with van der Waals surface area (Å²) in [6.07, 6.45) is 3.10. The van der Waals surface area contributed by atoms with Gasteiger partial charge >= 0.3 is 5.82 Å². The Hall–Kier alpha value is -2.44. The average molecular weight is 247 g/mol. The first-order valence-corrected chi connectivity index (χ1v) is 5.39. The fraction of sp³-hybridized carbons (Fsp3) is 0.273. The third kappa shape index (κ3) is 2.29. The Bertz CT molecular complexity index is 579. The van der Waals surface area contributed by atoms with Crippen LogP contribution in [0.1, 0.15) is 11.3 Å². The lowest BCUT2D eigenvalue weighted by molar-refractivity contribution is -0.388. The van der Waals surface area contributed by atoms with Crippen LogP contribution in [-0.2, 0) is 13.6 Å². The van der Waals surface area contributed by atoms with Crippen molar-refractivity contribution in [2.75, 3.05) is 5.32 Å². The topological polar surface area (TPSA) is 85.9 Å². The van der Waals surface area contributed by atoms with Gasteiger partial charge < -0.3 is 15.4 Å². The van der Waals surface area contributed by atoms with E-state index in [1.165, 1.54) is 6.33 Å². The Kier molecular flexibility index (Phi) is 3.22. The zero-order valence-corrected chi connectivity index (χ0v) is 10.1. The van der Waals surface area contributed by atoms with Gasteiger partial charge in [-0.1, -0.05) is 6.07 Å². The molecule has 0 aliphatic heterocycles. The number of aryl methyl sites for hydroxylation is 2. The summed E-state index contributed by atoms with van der Waals surface area (Å²) in [5.74, 6) is 0.205. The first-order valence-electron chi connectivity index (χ1n) is 5.39. The third-order valence-electron chi connectivity index (χ3n) is 2.63. The molecule has 0 spiro atoms. The largest absolute Gasteiger partial charge is 0.406 e. The third-order valence-corrected chi connectivity index (χ3v) is 2.63. The highest BCUT2D eigenvalue weighted by atomic mass is 16.6. The molecule has 0 aromatic carbocycles. The molecule has 2 heterocycles. The van der Waals surface area contributed by atoms with Crippen LogP contribution in [0.25, 0.3) is 0 Å². The second-order valence-corrected chi connectivity index (χ2v) is 3.91. The van der Waals surface area contributed by atoms with Crippen LogP contribution in [0.5, 0.6) is 0 Å². The van der Waals surface area contributed by atoms with E-state index in [2.05, 4.69) is 15.3 Å². The summed E-state index contributed by atoms with van der Waals surface area (Å²) >= 11 is 0. The van der Waals surface area contributed by atoms with Crippen molar-refractivity contribution in [3.63, 3.8) is 0 Å². The molecule has 0 saturated heterocycles. The van der Waals surface area contributed by atoms with Crippen LogP contribution in [0.4, 0.5) is 11.6 Å². The van der Waals surface area contributed by atoms with Crippen molar-refractivity contribution in [1.29, 1.82) is 0 Å². The van der Waals surface area contributed by atoms with E-state index in [0.717, 1.165) is 11.3 Å². The van der Waals surface area contributed by atoms with E-state index in [9.17, 15) is 10.1 Å². The van der Waals surface area contributed by atoms with Crippen molar-refractivity contribution in [2.24, 2.45) is 7.05 Å². The number of hydrogen-bond donors (Lipinski definition) is 1. The predicted molar refractivity (Wildman–Crippen MR) is 66.2 cm³/mol. The van der Waals surface area contributed by atoms with E-state index in [-0.39, 0.29) is 5.82 Å². The minimum Gasteiger partial charge on any atom is -0.359 e. The van der Waals surface area contributed by atoms with E-state index in [1.54, 1.807) is 17.8 Å². The summed E-state index contributed by atoms with van der Waals surface area (Å²) in [6.45, 7) is 2.37. The fourth-order valence-electron chi connectivity index (χ4n) is 1.63. The molecule has 0 aliphatic rings. The first-order chi connectivity index (χ1) is 8.59. The van der Waals surface area contributed by atoms with E-state index in [4.69, 9.17) is 0 Å². The maximum absolute atomic E-state index is 10.8. The lowest BCUT2D eigenvalue weighted by Gasteiger charge is -2.07. The normalized spacial score (nSPS) is 10.3. The molecule has 94 valence electrons. The van der Waals surface area contributed by atoms with Gasteiger partial charge in [-0.05, 0) is 28.5 Å². The van der Waals surface area contributed by atoms with E-state index >= 15 is 0 Å². The highest BCUT2D eigenvalue weighted by molar-refractivity contribution is 5.52. The molecule has 18 heavy (non-hydrogen) atoms. The summed E-state index contributed by atoms with van der Waals surface area (Å²) in [7, 11) is 1.70. The monoisotopic (exact) mass is 247 g/mol. The number of nitrogens with zero attached hydrogens (tertiary/aromatic N) is 4. The smallest absolute Gasteiger partial charge is 0.359 e. The molecular formula is C11H13N5O2. The van der Waals surface area contributed by atoms with Gasteiger partial charge in [0.25, 0.3) is 0 Å². The summed E-state index contributed by atoms with van der Waals surface area (Å²) in [6, 6.07) is 3.80. The van der Waals surface area contributed by atoms with Crippen LogP contribution >= 0.6 is 0 Å². The maximum Gasteiger partial charge on any atom is 0.406 e. The molecule has 0 amide bonds. The lowest BCUT2D eigenvalue weighted by atomic mass is 10.2. The minimum atomic E-state index is -0.506. The molecule has 0 atom stereocenters. The Balaban J connectivity index is 2.18. The second kappa shape index (κ2) is 4.82. The number of imidazole rings is 1. The molecule has 1 N–H and O–H groups in total. The number of aromatic nitrogens is 3. The molecule has 0 fully saturated rings. The number of nitro groups is 1. The molecule has 2 aromatic heterocycles. The Morgan fingerprint density at radius 1 is 1.50 bits per heavy atom. The zero-order valence-electron chi connectivity index (χ0n) is 10.1. The number of nitrogens with one attached hydrogen (secondary N) is 1. The van der Waals surface area contributed by atoms with Crippen LogP contribution in [0.15, 0.2) is 24.7 Å². The minimum absolute atomic E-state index is 0.175. The number of anilines is 1. The van der Waals surface area contributed by atoms with E-state index in [0.29, 0.717) is 12.4 Å². The summed E-state index contributed by atoms with van der Waals surface area (Å²) in [5, 5.41) is 13.8. The zero-order chi connectivity index (χ0) is 13.1. The maximum atomic E-state index is 10.8. The number of hydrogen-bond acceptors (Lipinski definition) is 5. The van der Waals surface area contributed by atoms with Gasteiger partial charge in [-0.25, -0.2) is 0 Å². The quantitative estimate of drug-likeness (QED) is 0.655. The fourth-order valence-corrected chi connectivity index (χ4v) is 1.63. The van der Waals surface area contributed by atoms with Gasteiger partial charge in [0, 0.05) is 13.2 Å². The van der Waals surface area contributed by atoms with Gasteiger partial charge in [0.05, 0.1) is 12.2 Å². The van der Waals surface area contributed by atoms with Crippen LogP contribution in [0.3, 0.4) is 0 Å². The van der Waals surface area contributed by atoms with E-state index < -0.39 is 4.92 Å². The molecule has 0 saturated carbocycles. The standard InChI is InChI=1S/C11H13N5O2/c1-8-4-3-5-12-9(8)6-13-10-11(16(17)18)14-7-15(10)2/h3-5,7,13H,6H2,1-2H3. The van der Waals surface area contributed by atoms with Crippen molar-refractivity contribution in [1.82, 2.24) is 14.5 Å². The Morgan fingerprint density at radius 2 is 2.28 bits per heavy atom. The van der Waals surface area contributed by atoms with Crippen molar-refractivity contribution in [2.45, 2.75) is 13.5 Å². The Morgan fingerprint density at radius 3 is 2.94 bits per heavy atom. The van der Waals surface area contributed by atoms with Crippen LogP contribution in [0, 0.1) is 17.0 Å². The number of pyridine rings is 1. The molecule has 0 aliphatic carbocycles. The van der Waals surface area contributed by atoms with Crippen molar-refractivity contribution in [3.8, 4) is 0 Å². The summed E-state index contributed by atoms with van der Waals surface area (Å²) in [5.41, 5.74) is 1.89. The van der Waals surface area contributed by atoms with Crippen LogP contribution in [0.2, 0.25) is 0 Å². The van der Waals surface area contributed by atoms with Crippen molar-refractivity contribution in [3.05, 3.63) is 46.0 Å². The van der Waals surface area contributed by atoms with Crippen LogP contribution < -0.4 is 5.32 Å². The molecule has 7 heteroatoms. The molecule has 0 unspecified atom stereocenters. The van der Waals surface area contributed by atoms with Gasteiger partial charge in [0.2, 0.25) is 12.1 Å². The average Bonchev–Trinajstić information content (AvgIpc) is 2.70. The van der Waals surface area contributed by atoms with Gasteiger partial charge in [-0.3, -0.25) is 9.55 Å². The molecule has 7 nitrogen and oxygen atoms in total. The van der Waals surface area contributed by atoms with Crippen LogP contribution in [-0.4, -0.2) is 19.5 Å². The van der Waals surface area contributed by atoms with Gasteiger partial charge in [0.1, 0.15) is 0 Å². The van der Waals surface area contributed by atoms with Crippen molar-refractivity contribution < 1.29 is 4.92 Å². The Labute approximate surface area is 104 Å². The lowest BCUT2D eigenvalue weighted by Crippen LogP contribution is -2.08. The molecule has 0 bridgehead atoms. The SMILES string of the molecule is Cc1cccnc1CNc1c([N+](=O)[O-])ncn1C. The highest BCUT2D eigenvalue weighted by Gasteiger charge is 2.19. The van der Waals surface area contributed by atoms with Gasteiger partial charge in [0.15, 0.2) is 0 Å². The summed E-state index contributed by atoms with van der Waals surface area (Å²) < 4.78 is 1.58. The van der Waals surface area contributed by atoms with E-state index in [1.807, 2.05) is 19.1 Å². The second-order valence-electron chi connectivity index (χ2n) is 3.91. The number of rotatable bonds is 4. The molecule has 0 radical (unpaired) electrons.